The molecule has 1 aliphatic heterocycles. The Balaban J connectivity index is 1.42. The maximum absolute atomic E-state index is 13.2. The van der Waals surface area contributed by atoms with E-state index in [1.54, 1.807) is 6.20 Å². The number of piperazine rings is 1. The molecule has 6 rings (SSSR count). The van der Waals surface area contributed by atoms with Gasteiger partial charge in [-0.05, 0) is 86.7 Å². The van der Waals surface area contributed by atoms with Crippen molar-refractivity contribution in [3.05, 3.63) is 78.5 Å². The van der Waals surface area contributed by atoms with Crippen molar-refractivity contribution in [3.63, 3.8) is 0 Å². The summed E-state index contributed by atoms with van der Waals surface area (Å²) in [7, 11) is 2.16. The lowest BCUT2D eigenvalue weighted by Gasteiger charge is -2.34. The van der Waals surface area contributed by atoms with E-state index in [1.165, 1.54) is 18.2 Å². The van der Waals surface area contributed by atoms with Crippen LogP contribution >= 0.6 is 0 Å². The lowest BCUT2D eigenvalue weighted by atomic mass is 9.96. The molecule has 0 radical (unpaired) electrons. The number of ether oxygens (including phenoxy) is 1. The molecule has 222 valence electrons. The van der Waals surface area contributed by atoms with Crippen molar-refractivity contribution in [2.45, 2.75) is 45.1 Å². The third kappa shape index (κ3) is 6.20. The Morgan fingerprint density at radius 3 is 2.44 bits per heavy atom. The van der Waals surface area contributed by atoms with Gasteiger partial charge in [0.15, 0.2) is 0 Å². The van der Waals surface area contributed by atoms with Gasteiger partial charge < -0.3 is 24.8 Å². The number of hydrogen-bond acceptors (Lipinski definition) is 6. The smallest absolute Gasteiger partial charge is 0.339 e. The fourth-order valence-electron chi connectivity index (χ4n) is 6.10. The van der Waals surface area contributed by atoms with E-state index in [1.807, 2.05) is 31.2 Å². The second-order valence-electron chi connectivity index (χ2n) is 11.7. The van der Waals surface area contributed by atoms with Crippen LogP contribution in [0.1, 0.15) is 48.0 Å². The second-order valence-corrected chi connectivity index (χ2v) is 11.7. The number of amides is 1. The Bertz CT molecular complexity index is 1640. The summed E-state index contributed by atoms with van der Waals surface area (Å²) in [5.41, 5.74) is 7.67. The molecule has 0 spiro atoms. The van der Waals surface area contributed by atoms with Crippen LogP contribution in [0.2, 0.25) is 0 Å². The van der Waals surface area contributed by atoms with Gasteiger partial charge in [-0.25, -0.2) is 9.78 Å². The van der Waals surface area contributed by atoms with Crippen LogP contribution in [0.3, 0.4) is 0 Å². The summed E-state index contributed by atoms with van der Waals surface area (Å²) in [6.07, 6.45) is 8.02. The largest absolute Gasteiger partial charge is 0.459 e. The van der Waals surface area contributed by atoms with E-state index in [4.69, 9.17) is 4.74 Å². The highest BCUT2D eigenvalue weighted by Gasteiger charge is 2.23. The Kier molecular flexibility index (Phi) is 8.29. The zero-order valence-corrected chi connectivity index (χ0v) is 25.0. The monoisotopic (exact) mass is 577 g/mol. The fourth-order valence-corrected chi connectivity index (χ4v) is 6.10. The molecule has 43 heavy (non-hydrogen) atoms. The molecule has 0 bridgehead atoms. The van der Waals surface area contributed by atoms with E-state index in [-0.39, 0.29) is 18.0 Å². The van der Waals surface area contributed by atoms with Crippen LogP contribution in [0.5, 0.6) is 0 Å². The van der Waals surface area contributed by atoms with Crippen molar-refractivity contribution in [1.29, 1.82) is 0 Å². The molecule has 2 aliphatic rings. The maximum atomic E-state index is 13.2. The van der Waals surface area contributed by atoms with Crippen molar-refractivity contribution >= 4 is 34.3 Å². The average molecular weight is 578 g/mol. The van der Waals surface area contributed by atoms with Gasteiger partial charge in [-0.15, -0.1) is 0 Å². The topological polar surface area (TPSA) is 90.6 Å². The number of hydrogen-bond donors (Lipinski definition) is 2. The summed E-state index contributed by atoms with van der Waals surface area (Å²) in [5, 5.41) is 3.75. The molecule has 2 fully saturated rings. The van der Waals surface area contributed by atoms with E-state index in [0.29, 0.717) is 16.9 Å². The Morgan fingerprint density at radius 2 is 1.72 bits per heavy atom. The number of aryl methyl sites for hydroxylation is 1. The average Bonchev–Trinajstić information content (AvgIpc) is 3.42. The number of aromatic nitrogens is 2. The molecule has 1 saturated carbocycles. The summed E-state index contributed by atoms with van der Waals surface area (Å²) < 4.78 is 5.88. The van der Waals surface area contributed by atoms with E-state index in [0.717, 1.165) is 85.2 Å². The van der Waals surface area contributed by atoms with E-state index < -0.39 is 0 Å². The number of aromatic amines is 1. The predicted molar refractivity (Wildman–Crippen MR) is 173 cm³/mol. The maximum Gasteiger partial charge on any atom is 0.339 e. The number of benzene rings is 2. The van der Waals surface area contributed by atoms with Crippen molar-refractivity contribution < 1.29 is 14.3 Å². The zero-order valence-electron chi connectivity index (χ0n) is 25.0. The van der Waals surface area contributed by atoms with Gasteiger partial charge in [-0.3, -0.25) is 4.79 Å². The standard InChI is InChI=1S/C35H39N5O3/c1-4-31(41)37-30-21-25(11-10-23(30)2)32-29-20-26(35(42)43-28-8-6-5-7-9-28)22-36-34(29)38-33(32)24-12-14-27(15-13-24)40-18-16-39(3)17-19-40/h4,10-15,20-22,28H,1,5-9,16-19H2,2-3H3,(H,36,38)(H,37,41). The summed E-state index contributed by atoms with van der Waals surface area (Å²) in [5.74, 6) is -0.609. The zero-order chi connectivity index (χ0) is 29.9. The number of H-pyrrole nitrogens is 1. The highest BCUT2D eigenvalue weighted by atomic mass is 16.5. The van der Waals surface area contributed by atoms with E-state index >= 15 is 0 Å². The first kappa shape index (κ1) is 28.7. The van der Waals surface area contributed by atoms with Gasteiger partial charge in [0.25, 0.3) is 0 Å². The molecule has 1 amide bonds. The van der Waals surface area contributed by atoms with Gasteiger partial charge in [0.2, 0.25) is 5.91 Å². The van der Waals surface area contributed by atoms with Crippen LogP contribution in [0.15, 0.2) is 67.4 Å². The normalized spacial score (nSPS) is 16.3. The molecule has 0 atom stereocenters. The minimum absolute atomic E-state index is 0.0369. The molecule has 8 heteroatoms. The summed E-state index contributed by atoms with van der Waals surface area (Å²) in [6.45, 7) is 9.64. The highest BCUT2D eigenvalue weighted by molar-refractivity contribution is 6.06. The van der Waals surface area contributed by atoms with Crippen LogP contribution < -0.4 is 10.2 Å². The quantitative estimate of drug-likeness (QED) is 0.191. The van der Waals surface area contributed by atoms with Crippen LogP contribution in [-0.4, -0.2) is 66.1 Å². The van der Waals surface area contributed by atoms with Crippen LogP contribution in [0, 0.1) is 6.92 Å². The second kappa shape index (κ2) is 12.4. The number of fused-ring (bicyclic) bond motifs is 1. The number of likely N-dealkylation sites (N-methyl/N-ethyl adjacent to an activating group) is 1. The minimum atomic E-state index is -0.339. The first-order valence-electron chi connectivity index (χ1n) is 15.2. The number of carbonyl (C=O) groups is 2. The summed E-state index contributed by atoms with van der Waals surface area (Å²) in [4.78, 5) is 38.4. The van der Waals surface area contributed by atoms with Crippen molar-refractivity contribution in [2.75, 3.05) is 43.4 Å². The van der Waals surface area contributed by atoms with Gasteiger partial charge in [0, 0.05) is 54.7 Å². The van der Waals surface area contributed by atoms with Gasteiger partial charge in [-0.2, -0.15) is 0 Å². The molecule has 1 saturated heterocycles. The van der Waals surface area contributed by atoms with E-state index in [2.05, 4.69) is 63.0 Å². The molecule has 2 aromatic heterocycles. The van der Waals surface area contributed by atoms with Crippen LogP contribution in [-0.2, 0) is 9.53 Å². The number of nitrogens with one attached hydrogen (secondary N) is 2. The Morgan fingerprint density at radius 1 is 1.00 bits per heavy atom. The van der Waals surface area contributed by atoms with Gasteiger partial charge in [0.05, 0.1) is 11.3 Å². The lowest BCUT2D eigenvalue weighted by Crippen LogP contribution is -2.44. The molecule has 4 aromatic rings. The van der Waals surface area contributed by atoms with Gasteiger partial charge >= 0.3 is 5.97 Å². The first-order chi connectivity index (χ1) is 20.9. The molecule has 0 unspecified atom stereocenters. The van der Waals surface area contributed by atoms with Crippen molar-refractivity contribution in [1.82, 2.24) is 14.9 Å². The third-order valence-electron chi connectivity index (χ3n) is 8.71. The number of anilines is 2. The SMILES string of the molecule is C=CC(=O)Nc1cc(-c2c(-c3ccc(N4CCN(C)CC4)cc3)[nH]c3ncc(C(=O)OC4CCCCC4)cc23)ccc1C. The van der Waals surface area contributed by atoms with Crippen molar-refractivity contribution in [2.24, 2.45) is 0 Å². The van der Waals surface area contributed by atoms with Gasteiger partial charge in [-0.1, -0.05) is 37.3 Å². The molecule has 8 nitrogen and oxygen atoms in total. The number of carbonyl (C=O) groups excluding carboxylic acids is 2. The van der Waals surface area contributed by atoms with E-state index in [9.17, 15) is 9.59 Å². The predicted octanol–water partition coefficient (Wildman–Crippen LogP) is 6.57. The molecule has 2 aromatic carbocycles. The fraction of sp³-hybridized carbons (Fsp3) is 0.343. The van der Waals surface area contributed by atoms with Crippen LogP contribution in [0.25, 0.3) is 33.4 Å². The number of esters is 1. The number of pyridine rings is 1. The highest BCUT2D eigenvalue weighted by Crippen LogP contribution is 2.40. The molecule has 2 N–H and O–H groups in total. The molecular formula is C35H39N5O3. The lowest BCUT2D eigenvalue weighted by molar-refractivity contribution is -0.111. The Labute approximate surface area is 252 Å². The Hall–Kier alpha value is -4.43. The van der Waals surface area contributed by atoms with Gasteiger partial charge in [0.1, 0.15) is 11.8 Å². The third-order valence-corrected chi connectivity index (χ3v) is 8.71. The summed E-state index contributed by atoms with van der Waals surface area (Å²) in [6, 6.07) is 16.5. The molecule has 3 heterocycles. The minimum Gasteiger partial charge on any atom is -0.459 e. The first-order valence-corrected chi connectivity index (χ1v) is 15.2. The number of rotatable bonds is 7. The van der Waals surface area contributed by atoms with Crippen LogP contribution in [0.4, 0.5) is 11.4 Å². The number of nitrogens with zero attached hydrogens (tertiary/aromatic N) is 3. The summed E-state index contributed by atoms with van der Waals surface area (Å²) >= 11 is 0. The molecule has 1 aliphatic carbocycles. The molecular weight excluding hydrogens is 538 g/mol. The van der Waals surface area contributed by atoms with Crippen molar-refractivity contribution in [3.8, 4) is 22.4 Å².